The molecule has 0 radical (unpaired) electrons. The Labute approximate surface area is 131 Å². The topological polar surface area (TPSA) is 80.1 Å². The van der Waals surface area contributed by atoms with Gasteiger partial charge < -0.3 is 10.6 Å². The van der Waals surface area contributed by atoms with Crippen LogP contribution in [0.5, 0.6) is 0 Å². The van der Waals surface area contributed by atoms with Crippen LogP contribution in [0.4, 0.5) is 16.5 Å². The summed E-state index contributed by atoms with van der Waals surface area (Å²) in [5, 5.41) is 20.0. The summed E-state index contributed by atoms with van der Waals surface area (Å²) in [6, 6.07) is 4.60. The number of thiazole rings is 1. The Bertz CT molecular complexity index is 632. The monoisotopic (exact) mass is 326 g/mol. The molecular weight excluding hydrogens is 312 g/mol. The first-order valence-corrected chi connectivity index (χ1v) is 7.72. The Hall–Kier alpha value is -1.70. The van der Waals surface area contributed by atoms with E-state index in [0.717, 1.165) is 25.2 Å². The number of benzene rings is 1. The third-order valence-electron chi connectivity index (χ3n) is 2.75. The molecule has 2 aromatic rings. The van der Waals surface area contributed by atoms with E-state index in [0.29, 0.717) is 10.8 Å². The Kier molecular flexibility index (Phi) is 5.49. The van der Waals surface area contributed by atoms with E-state index in [9.17, 15) is 10.1 Å². The van der Waals surface area contributed by atoms with Crippen molar-refractivity contribution in [2.45, 2.75) is 13.3 Å². The molecule has 1 aromatic heterocycles. The highest BCUT2D eigenvalue weighted by molar-refractivity contribution is 7.13. The van der Waals surface area contributed by atoms with E-state index in [1.165, 1.54) is 23.5 Å². The molecule has 0 unspecified atom stereocenters. The first-order valence-electron chi connectivity index (χ1n) is 6.46. The van der Waals surface area contributed by atoms with Gasteiger partial charge in [-0.2, -0.15) is 0 Å². The van der Waals surface area contributed by atoms with Crippen LogP contribution in [-0.4, -0.2) is 23.0 Å². The Morgan fingerprint density at radius 3 is 3.00 bits per heavy atom. The zero-order valence-electron chi connectivity index (χ0n) is 11.4. The summed E-state index contributed by atoms with van der Waals surface area (Å²) in [4.78, 5) is 14.8. The first-order chi connectivity index (χ1) is 10.1. The third-order valence-corrected chi connectivity index (χ3v) is 3.88. The van der Waals surface area contributed by atoms with Gasteiger partial charge in [0, 0.05) is 30.1 Å². The van der Waals surface area contributed by atoms with Crippen molar-refractivity contribution >= 4 is 39.4 Å². The number of nitro groups is 1. The molecule has 0 spiro atoms. The number of anilines is 2. The second-order valence-electron chi connectivity index (χ2n) is 4.30. The summed E-state index contributed by atoms with van der Waals surface area (Å²) in [6.07, 6.45) is 0.854. The maximum atomic E-state index is 10.9. The van der Waals surface area contributed by atoms with Gasteiger partial charge in [-0.15, -0.1) is 11.3 Å². The van der Waals surface area contributed by atoms with Gasteiger partial charge in [0.2, 0.25) is 0 Å². The van der Waals surface area contributed by atoms with Crippen molar-refractivity contribution in [3.8, 4) is 0 Å². The summed E-state index contributed by atoms with van der Waals surface area (Å²) in [5.41, 5.74) is 1.47. The maximum absolute atomic E-state index is 10.9. The largest absolute Gasteiger partial charge is 0.331 e. The maximum Gasteiger partial charge on any atom is 0.289 e. The minimum absolute atomic E-state index is 0.120. The normalized spacial score (nSPS) is 10.6. The molecule has 0 aliphatic carbocycles. The quantitative estimate of drug-likeness (QED) is 0.461. The molecule has 0 saturated carbocycles. The van der Waals surface area contributed by atoms with Crippen LogP contribution < -0.4 is 10.6 Å². The Morgan fingerprint density at radius 2 is 2.29 bits per heavy atom. The number of rotatable bonds is 7. The molecule has 21 heavy (non-hydrogen) atoms. The van der Waals surface area contributed by atoms with Gasteiger partial charge in [-0.1, -0.05) is 18.5 Å². The zero-order valence-corrected chi connectivity index (χ0v) is 13.0. The smallest absolute Gasteiger partial charge is 0.289 e. The average molecular weight is 327 g/mol. The van der Waals surface area contributed by atoms with Crippen molar-refractivity contribution in [2.75, 3.05) is 18.4 Å². The van der Waals surface area contributed by atoms with E-state index in [-0.39, 0.29) is 10.7 Å². The molecule has 2 N–H and O–H groups in total. The lowest BCUT2D eigenvalue weighted by Gasteiger charge is -2.03. The van der Waals surface area contributed by atoms with Gasteiger partial charge in [-0.3, -0.25) is 10.1 Å². The molecular formula is C13H15ClN4O2S. The number of aromatic nitrogens is 1. The van der Waals surface area contributed by atoms with Crippen LogP contribution >= 0.6 is 22.9 Å². The molecule has 8 heteroatoms. The molecule has 1 aromatic carbocycles. The minimum atomic E-state index is -0.503. The lowest BCUT2D eigenvalue weighted by Crippen LogP contribution is -2.16. The highest BCUT2D eigenvalue weighted by Gasteiger charge is 2.13. The number of nitrogens with one attached hydrogen (secondary N) is 2. The van der Waals surface area contributed by atoms with Crippen LogP contribution in [-0.2, 0) is 6.42 Å². The fourth-order valence-corrected chi connectivity index (χ4v) is 2.68. The number of hydrogen-bond acceptors (Lipinski definition) is 6. The summed E-state index contributed by atoms with van der Waals surface area (Å²) >= 11 is 7.25. The predicted octanol–water partition coefficient (Wildman–Crippen LogP) is 3.60. The fourth-order valence-electron chi connectivity index (χ4n) is 1.73. The molecule has 1 heterocycles. The first kappa shape index (κ1) is 15.7. The highest BCUT2D eigenvalue weighted by Crippen LogP contribution is 2.29. The molecule has 0 atom stereocenters. The zero-order chi connectivity index (χ0) is 15.2. The van der Waals surface area contributed by atoms with Crippen LogP contribution in [0.1, 0.15) is 12.6 Å². The SMILES string of the molecule is CCNCCc1csc(Nc2ccc(Cl)c([N+](=O)[O-])c2)n1. The second kappa shape index (κ2) is 7.35. The van der Waals surface area contributed by atoms with Gasteiger partial charge in [-0.05, 0) is 18.7 Å². The third kappa shape index (κ3) is 4.38. The molecule has 0 amide bonds. The number of nitrogens with zero attached hydrogens (tertiary/aromatic N) is 2. The van der Waals surface area contributed by atoms with E-state index >= 15 is 0 Å². The average Bonchev–Trinajstić information content (AvgIpc) is 2.88. The summed E-state index contributed by atoms with van der Waals surface area (Å²) in [6.45, 7) is 3.87. The predicted molar refractivity (Wildman–Crippen MR) is 85.8 cm³/mol. The molecule has 112 valence electrons. The van der Waals surface area contributed by atoms with Gasteiger partial charge >= 0.3 is 0 Å². The molecule has 0 aliphatic heterocycles. The minimum Gasteiger partial charge on any atom is -0.331 e. The van der Waals surface area contributed by atoms with E-state index in [1.54, 1.807) is 6.07 Å². The summed E-state index contributed by atoms with van der Waals surface area (Å²) < 4.78 is 0. The number of likely N-dealkylation sites (N-methyl/N-ethyl adjacent to an activating group) is 1. The van der Waals surface area contributed by atoms with Crippen molar-refractivity contribution in [1.29, 1.82) is 0 Å². The van der Waals surface area contributed by atoms with Crippen LogP contribution in [0.3, 0.4) is 0 Å². The Morgan fingerprint density at radius 1 is 1.48 bits per heavy atom. The van der Waals surface area contributed by atoms with E-state index < -0.39 is 4.92 Å². The lowest BCUT2D eigenvalue weighted by atomic mass is 10.3. The molecule has 0 fully saturated rings. The molecule has 0 saturated heterocycles. The second-order valence-corrected chi connectivity index (χ2v) is 5.56. The Balaban J connectivity index is 2.05. The molecule has 2 rings (SSSR count). The standard InChI is InChI=1S/C13H15ClN4O2S/c1-2-15-6-5-10-8-21-13(17-10)16-9-3-4-11(14)12(7-9)18(19)20/h3-4,7-8,15H,2,5-6H2,1H3,(H,16,17). The van der Waals surface area contributed by atoms with Crippen molar-refractivity contribution in [1.82, 2.24) is 10.3 Å². The van der Waals surface area contributed by atoms with E-state index in [4.69, 9.17) is 11.6 Å². The summed E-state index contributed by atoms with van der Waals surface area (Å²) in [5.74, 6) is 0. The lowest BCUT2D eigenvalue weighted by molar-refractivity contribution is -0.384. The van der Waals surface area contributed by atoms with Crippen molar-refractivity contribution < 1.29 is 4.92 Å². The van der Waals surface area contributed by atoms with Crippen LogP contribution in [0.15, 0.2) is 23.6 Å². The van der Waals surface area contributed by atoms with Crippen LogP contribution in [0, 0.1) is 10.1 Å². The number of halogens is 1. The molecule has 6 nitrogen and oxygen atoms in total. The van der Waals surface area contributed by atoms with Crippen molar-refractivity contribution in [3.63, 3.8) is 0 Å². The van der Waals surface area contributed by atoms with Crippen molar-refractivity contribution in [2.24, 2.45) is 0 Å². The van der Waals surface area contributed by atoms with Crippen LogP contribution in [0.2, 0.25) is 5.02 Å². The van der Waals surface area contributed by atoms with Gasteiger partial charge in [-0.25, -0.2) is 4.98 Å². The van der Waals surface area contributed by atoms with Gasteiger partial charge in [0.15, 0.2) is 5.13 Å². The fraction of sp³-hybridized carbons (Fsp3) is 0.308. The summed E-state index contributed by atoms with van der Waals surface area (Å²) in [7, 11) is 0. The van der Waals surface area contributed by atoms with E-state index in [2.05, 4.69) is 22.5 Å². The van der Waals surface area contributed by atoms with E-state index in [1.807, 2.05) is 5.38 Å². The molecule has 0 aliphatic rings. The highest BCUT2D eigenvalue weighted by atomic mass is 35.5. The number of hydrogen-bond donors (Lipinski definition) is 2. The van der Waals surface area contributed by atoms with Gasteiger partial charge in [0.25, 0.3) is 5.69 Å². The van der Waals surface area contributed by atoms with Gasteiger partial charge in [0.05, 0.1) is 10.6 Å². The molecule has 0 bridgehead atoms. The van der Waals surface area contributed by atoms with Gasteiger partial charge in [0.1, 0.15) is 5.02 Å². The van der Waals surface area contributed by atoms with Crippen LogP contribution in [0.25, 0.3) is 0 Å². The van der Waals surface area contributed by atoms with Crippen molar-refractivity contribution in [3.05, 3.63) is 44.4 Å². The number of nitro benzene ring substituents is 1.